The van der Waals surface area contributed by atoms with Gasteiger partial charge in [0.05, 0.1) is 30.2 Å². The third-order valence-electron chi connectivity index (χ3n) is 4.40. The van der Waals surface area contributed by atoms with Crippen molar-refractivity contribution < 1.29 is 22.7 Å². The van der Waals surface area contributed by atoms with Gasteiger partial charge >= 0.3 is 6.18 Å². The maximum Gasteiger partial charge on any atom is 0.416 e. The van der Waals surface area contributed by atoms with E-state index in [0.717, 1.165) is 12.1 Å². The van der Waals surface area contributed by atoms with Gasteiger partial charge in [-0.05, 0) is 29.8 Å². The van der Waals surface area contributed by atoms with Crippen molar-refractivity contribution in [3.63, 3.8) is 0 Å². The molecule has 8 heteroatoms. The predicted octanol–water partition coefficient (Wildman–Crippen LogP) is 4.09. The van der Waals surface area contributed by atoms with E-state index >= 15 is 0 Å². The van der Waals surface area contributed by atoms with Crippen LogP contribution < -0.4 is 10.2 Å². The van der Waals surface area contributed by atoms with Crippen LogP contribution in [-0.2, 0) is 15.7 Å². The van der Waals surface area contributed by atoms with Gasteiger partial charge < -0.3 is 15.0 Å². The highest BCUT2D eigenvalue weighted by Crippen LogP contribution is 2.36. The van der Waals surface area contributed by atoms with Gasteiger partial charge in [0.1, 0.15) is 11.6 Å². The molecule has 5 nitrogen and oxygen atoms in total. The summed E-state index contributed by atoms with van der Waals surface area (Å²) in [7, 11) is 0. The molecular weight excluding hydrogens is 383 g/mol. The quantitative estimate of drug-likeness (QED) is 0.619. The van der Waals surface area contributed by atoms with Crippen LogP contribution >= 0.6 is 0 Å². The van der Waals surface area contributed by atoms with Crippen molar-refractivity contribution in [1.82, 2.24) is 0 Å². The van der Waals surface area contributed by atoms with Crippen LogP contribution in [0, 0.1) is 11.3 Å². The Hall–Kier alpha value is -3.31. The number of amides is 1. The SMILES string of the molecule is N#C/C(=C/c1ccccc1)C(=O)Nc1cc(C(F)(F)F)ccc1N1CCOCC1. The Balaban J connectivity index is 1.93. The highest BCUT2D eigenvalue weighted by atomic mass is 19.4. The minimum atomic E-state index is -4.55. The minimum Gasteiger partial charge on any atom is -0.378 e. The number of rotatable bonds is 4. The van der Waals surface area contributed by atoms with Gasteiger partial charge in [-0.15, -0.1) is 0 Å². The third-order valence-corrected chi connectivity index (χ3v) is 4.40. The molecule has 29 heavy (non-hydrogen) atoms. The number of halogens is 3. The van der Waals surface area contributed by atoms with Crippen LogP contribution in [0.2, 0.25) is 0 Å². The van der Waals surface area contributed by atoms with E-state index in [9.17, 15) is 23.2 Å². The lowest BCUT2D eigenvalue weighted by Gasteiger charge is -2.31. The van der Waals surface area contributed by atoms with Gasteiger partial charge in [-0.25, -0.2) is 0 Å². The topological polar surface area (TPSA) is 65.4 Å². The second-order valence-corrected chi connectivity index (χ2v) is 6.36. The molecule has 0 aromatic heterocycles. The Morgan fingerprint density at radius 1 is 1.14 bits per heavy atom. The average Bonchev–Trinajstić information content (AvgIpc) is 2.72. The number of nitriles is 1. The molecule has 1 amide bonds. The van der Waals surface area contributed by atoms with Crippen LogP contribution in [0.25, 0.3) is 6.08 Å². The smallest absolute Gasteiger partial charge is 0.378 e. The summed E-state index contributed by atoms with van der Waals surface area (Å²) in [6, 6.07) is 13.7. The number of hydrogen-bond acceptors (Lipinski definition) is 4. The van der Waals surface area contributed by atoms with Gasteiger partial charge in [0.15, 0.2) is 0 Å². The van der Waals surface area contributed by atoms with Crippen LogP contribution in [0.1, 0.15) is 11.1 Å². The van der Waals surface area contributed by atoms with E-state index in [1.165, 1.54) is 12.1 Å². The first-order chi connectivity index (χ1) is 13.9. The molecule has 0 radical (unpaired) electrons. The maximum atomic E-state index is 13.2. The Morgan fingerprint density at radius 2 is 1.83 bits per heavy atom. The normalized spacial score (nSPS) is 15.0. The van der Waals surface area contributed by atoms with Gasteiger partial charge in [-0.3, -0.25) is 4.79 Å². The molecule has 3 rings (SSSR count). The Labute approximate surface area is 166 Å². The molecule has 0 unspecified atom stereocenters. The van der Waals surface area contributed by atoms with Crippen LogP contribution in [0.4, 0.5) is 24.5 Å². The van der Waals surface area contributed by atoms with Crippen molar-refractivity contribution in [2.45, 2.75) is 6.18 Å². The van der Waals surface area contributed by atoms with E-state index in [2.05, 4.69) is 5.32 Å². The first kappa shape index (κ1) is 20.4. The zero-order valence-corrected chi connectivity index (χ0v) is 15.4. The number of hydrogen-bond donors (Lipinski definition) is 1. The molecule has 2 aromatic rings. The van der Waals surface area contributed by atoms with Crippen molar-refractivity contribution >= 4 is 23.4 Å². The number of morpholine rings is 1. The summed E-state index contributed by atoms with van der Waals surface area (Å²) in [5.41, 5.74) is 0.00104. The number of carbonyl (C=O) groups excluding carboxylic acids is 1. The highest BCUT2D eigenvalue weighted by molar-refractivity contribution is 6.11. The van der Waals surface area contributed by atoms with E-state index in [1.54, 1.807) is 30.3 Å². The van der Waals surface area contributed by atoms with Crippen molar-refractivity contribution in [2.24, 2.45) is 0 Å². The monoisotopic (exact) mass is 401 g/mol. The molecule has 1 heterocycles. The molecule has 1 N–H and O–H groups in total. The fourth-order valence-electron chi connectivity index (χ4n) is 2.95. The van der Waals surface area contributed by atoms with Gasteiger partial charge in [0.25, 0.3) is 5.91 Å². The van der Waals surface area contributed by atoms with Gasteiger partial charge in [-0.1, -0.05) is 30.3 Å². The third kappa shape index (κ3) is 5.15. The molecule has 0 bridgehead atoms. The van der Waals surface area contributed by atoms with Crippen LogP contribution in [0.15, 0.2) is 54.1 Å². The van der Waals surface area contributed by atoms with Crippen molar-refractivity contribution in [3.8, 4) is 6.07 Å². The first-order valence-electron chi connectivity index (χ1n) is 8.90. The van der Waals surface area contributed by atoms with E-state index in [-0.39, 0.29) is 11.3 Å². The van der Waals surface area contributed by atoms with Crippen LogP contribution in [0.3, 0.4) is 0 Å². The summed E-state index contributed by atoms with van der Waals surface area (Å²) >= 11 is 0. The molecule has 1 fully saturated rings. The molecule has 150 valence electrons. The maximum absolute atomic E-state index is 13.2. The zero-order valence-electron chi connectivity index (χ0n) is 15.4. The Bertz CT molecular complexity index is 944. The minimum absolute atomic E-state index is 0.000867. The summed E-state index contributed by atoms with van der Waals surface area (Å²) in [6.07, 6.45) is -3.17. The van der Waals surface area contributed by atoms with E-state index in [4.69, 9.17) is 4.74 Å². The fourth-order valence-corrected chi connectivity index (χ4v) is 2.95. The highest BCUT2D eigenvalue weighted by Gasteiger charge is 2.32. The molecule has 0 aliphatic carbocycles. The molecule has 0 spiro atoms. The average molecular weight is 401 g/mol. The second-order valence-electron chi connectivity index (χ2n) is 6.36. The summed E-state index contributed by atoms with van der Waals surface area (Å²) in [6.45, 7) is 1.84. The Morgan fingerprint density at radius 3 is 2.45 bits per heavy atom. The molecule has 0 saturated carbocycles. The molecule has 0 atom stereocenters. The van der Waals surface area contributed by atoms with Crippen LogP contribution in [0.5, 0.6) is 0 Å². The summed E-state index contributed by atoms with van der Waals surface area (Å²) in [4.78, 5) is 14.5. The van der Waals surface area contributed by atoms with Gasteiger partial charge in [0.2, 0.25) is 0 Å². The lowest BCUT2D eigenvalue weighted by Crippen LogP contribution is -2.37. The van der Waals surface area contributed by atoms with Gasteiger partial charge in [0, 0.05) is 13.1 Å². The largest absolute Gasteiger partial charge is 0.416 e. The van der Waals surface area contributed by atoms with Crippen molar-refractivity contribution in [3.05, 3.63) is 65.2 Å². The molecule has 1 aliphatic heterocycles. The first-order valence-corrected chi connectivity index (χ1v) is 8.90. The number of nitrogens with one attached hydrogen (secondary N) is 1. The van der Waals surface area contributed by atoms with Crippen molar-refractivity contribution in [2.75, 3.05) is 36.5 Å². The number of anilines is 2. The number of alkyl halides is 3. The number of benzene rings is 2. The summed E-state index contributed by atoms with van der Waals surface area (Å²) in [5, 5.41) is 11.8. The van der Waals surface area contributed by atoms with Gasteiger partial charge in [-0.2, -0.15) is 18.4 Å². The zero-order chi connectivity index (χ0) is 20.9. The summed E-state index contributed by atoms with van der Waals surface area (Å²) in [5.74, 6) is -0.773. The Kier molecular flexibility index (Phi) is 6.20. The standard InChI is InChI=1S/C21H18F3N3O2/c22-21(23,24)17-6-7-19(27-8-10-29-11-9-27)18(13-17)26-20(28)16(14-25)12-15-4-2-1-3-5-15/h1-7,12-13H,8-11H2,(H,26,28)/b16-12-. The van der Waals surface area contributed by atoms with E-state index < -0.39 is 17.6 Å². The fraction of sp³-hybridized carbons (Fsp3) is 0.238. The molecule has 1 saturated heterocycles. The lowest BCUT2D eigenvalue weighted by atomic mass is 10.1. The number of ether oxygens (including phenoxy) is 1. The second kappa shape index (κ2) is 8.80. The van der Waals surface area contributed by atoms with Crippen LogP contribution in [-0.4, -0.2) is 32.2 Å². The number of carbonyl (C=O) groups is 1. The van der Waals surface area contributed by atoms with E-state index in [1.807, 2.05) is 11.0 Å². The number of nitrogens with zero attached hydrogens (tertiary/aromatic N) is 2. The lowest BCUT2D eigenvalue weighted by molar-refractivity contribution is -0.137. The molecule has 2 aromatic carbocycles. The predicted molar refractivity (Wildman–Crippen MR) is 103 cm³/mol. The summed E-state index contributed by atoms with van der Waals surface area (Å²) < 4.78 is 44.8. The molecular formula is C21H18F3N3O2. The molecule has 1 aliphatic rings. The van der Waals surface area contributed by atoms with E-state index in [0.29, 0.717) is 37.6 Å². The van der Waals surface area contributed by atoms with Crippen molar-refractivity contribution in [1.29, 1.82) is 5.26 Å².